The van der Waals surface area contributed by atoms with Crippen LogP contribution >= 0.6 is 24.0 Å². The molecule has 0 heterocycles. The number of benzene rings is 2. The van der Waals surface area contributed by atoms with Gasteiger partial charge in [-0.05, 0) is 36.2 Å². The van der Waals surface area contributed by atoms with Crippen LogP contribution in [0.4, 0.5) is 0 Å². The van der Waals surface area contributed by atoms with Gasteiger partial charge in [0.25, 0.3) is 0 Å². The normalized spacial score (nSPS) is 10.8. The number of hydrogen-bond donors (Lipinski definition) is 2. The number of nitrogens with one attached hydrogen (secondary N) is 2. The minimum Gasteiger partial charge on any atom is -0.493 e. The van der Waals surface area contributed by atoms with Crippen molar-refractivity contribution in [2.75, 3.05) is 47.6 Å². The zero-order chi connectivity index (χ0) is 20.7. The molecule has 0 atom stereocenters. The van der Waals surface area contributed by atoms with Gasteiger partial charge < -0.3 is 29.6 Å². The van der Waals surface area contributed by atoms with Crippen molar-refractivity contribution in [1.29, 1.82) is 0 Å². The number of hydrogen-bond acceptors (Lipinski definition) is 5. The van der Waals surface area contributed by atoms with Crippen molar-refractivity contribution in [3.05, 3.63) is 54.1 Å². The van der Waals surface area contributed by atoms with Crippen LogP contribution < -0.4 is 20.1 Å². The Bertz CT molecular complexity index is 741. The van der Waals surface area contributed by atoms with Crippen molar-refractivity contribution in [3.8, 4) is 17.2 Å². The molecule has 0 spiro atoms. The van der Waals surface area contributed by atoms with E-state index in [2.05, 4.69) is 15.6 Å². The molecule has 0 aliphatic carbocycles. The highest BCUT2D eigenvalue weighted by Gasteiger charge is 2.04. The first-order chi connectivity index (χ1) is 14.3. The summed E-state index contributed by atoms with van der Waals surface area (Å²) >= 11 is 0. The maximum atomic E-state index is 5.90. The molecule has 30 heavy (non-hydrogen) atoms. The van der Waals surface area contributed by atoms with Crippen LogP contribution in [0.2, 0.25) is 0 Å². The second-order valence-electron chi connectivity index (χ2n) is 6.21. The zero-order valence-electron chi connectivity index (χ0n) is 17.8. The number of ether oxygens (including phenoxy) is 4. The second-order valence-corrected chi connectivity index (χ2v) is 6.21. The largest absolute Gasteiger partial charge is 0.493 e. The lowest BCUT2D eigenvalue weighted by Gasteiger charge is -2.13. The maximum Gasteiger partial charge on any atom is 0.191 e. The van der Waals surface area contributed by atoms with Crippen LogP contribution in [0.1, 0.15) is 12.0 Å². The monoisotopic (exact) mass is 529 g/mol. The lowest BCUT2D eigenvalue weighted by molar-refractivity contribution is 0.0698. The van der Waals surface area contributed by atoms with Crippen LogP contribution in [0.25, 0.3) is 0 Å². The molecule has 2 N–H and O–H groups in total. The molecule has 0 bridgehead atoms. The molecule has 0 aliphatic heterocycles. The Hall–Kier alpha value is -2.04. The molecule has 0 radical (unpaired) electrons. The van der Waals surface area contributed by atoms with Crippen molar-refractivity contribution < 1.29 is 18.9 Å². The first-order valence-corrected chi connectivity index (χ1v) is 9.68. The number of rotatable bonds is 12. The summed E-state index contributed by atoms with van der Waals surface area (Å²) in [7, 11) is 5.06. The van der Waals surface area contributed by atoms with E-state index in [4.69, 9.17) is 18.9 Å². The quantitative estimate of drug-likeness (QED) is 0.189. The summed E-state index contributed by atoms with van der Waals surface area (Å²) in [5.74, 6) is 2.92. The van der Waals surface area contributed by atoms with Gasteiger partial charge in [0.15, 0.2) is 17.5 Å². The van der Waals surface area contributed by atoms with Gasteiger partial charge in [-0.3, -0.25) is 4.99 Å². The Labute approximate surface area is 196 Å². The maximum absolute atomic E-state index is 5.90. The molecule has 2 aromatic rings. The van der Waals surface area contributed by atoms with Gasteiger partial charge in [-0.1, -0.05) is 24.3 Å². The highest BCUT2D eigenvalue weighted by molar-refractivity contribution is 14.0. The van der Waals surface area contributed by atoms with E-state index < -0.39 is 0 Å². The molecule has 8 heteroatoms. The third kappa shape index (κ3) is 9.64. The van der Waals surface area contributed by atoms with Gasteiger partial charge in [-0.25, -0.2) is 0 Å². The fourth-order valence-corrected chi connectivity index (χ4v) is 2.54. The van der Waals surface area contributed by atoms with Crippen molar-refractivity contribution in [1.82, 2.24) is 10.6 Å². The molecule has 0 amide bonds. The summed E-state index contributed by atoms with van der Waals surface area (Å²) in [4.78, 5) is 4.24. The van der Waals surface area contributed by atoms with Crippen LogP contribution in [0.5, 0.6) is 17.2 Å². The van der Waals surface area contributed by atoms with Gasteiger partial charge >= 0.3 is 0 Å². The standard InChI is InChI=1S/C22H31N3O4.HI/c1-23-22(24-13-6-14-28-16-15-26-2)25-17-18-9-11-19(12-10-18)29-21-8-5-4-7-20(21)27-3;/h4-5,7-12H,6,13-17H2,1-3H3,(H2,23,24,25);1H. The number of methoxy groups -OCH3 is 2. The Morgan fingerprint density at radius 1 is 0.900 bits per heavy atom. The van der Waals surface area contributed by atoms with Gasteiger partial charge in [-0.15, -0.1) is 24.0 Å². The lowest BCUT2D eigenvalue weighted by Crippen LogP contribution is -2.37. The first kappa shape index (κ1) is 26.0. The Kier molecular flexibility index (Phi) is 13.7. The van der Waals surface area contributed by atoms with Crippen LogP contribution in [-0.4, -0.2) is 53.6 Å². The molecular weight excluding hydrogens is 497 g/mol. The molecule has 0 saturated carbocycles. The number of nitrogens with zero attached hydrogens (tertiary/aromatic N) is 1. The van der Waals surface area contributed by atoms with E-state index in [0.717, 1.165) is 30.2 Å². The third-order valence-electron chi connectivity index (χ3n) is 4.09. The van der Waals surface area contributed by atoms with Gasteiger partial charge in [0.1, 0.15) is 5.75 Å². The predicted octanol–water partition coefficient (Wildman–Crippen LogP) is 3.82. The third-order valence-corrected chi connectivity index (χ3v) is 4.09. The van der Waals surface area contributed by atoms with Gasteiger partial charge in [0.2, 0.25) is 0 Å². The average molecular weight is 529 g/mol. The van der Waals surface area contributed by atoms with E-state index in [0.29, 0.717) is 37.9 Å². The van der Waals surface area contributed by atoms with Gasteiger partial charge in [0.05, 0.1) is 20.3 Å². The molecule has 2 rings (SSSR count). The summed E-state index contributed by atoms with van der Waals surface area (Å²) in [5, 5.41) is 6.58. The van der Waals surface area contributed by atoms with Gasteiger partial charge in [0, 0.05) is 33.9 Å². The molecule has 166 valence electrons. The summed E-state index contributed by atoms with van der Waals surface area (Å²) in [5.41, 5.74) is 1.13. The van der Waals surface area contributed by atoms with E-state index in [1.54, 1.807) is 21.3 Å². The van der Waals surface area contributed by atoms with Gasteiger partial charge in [-0.2, -0.15) is 0 Å². The molecule has 0 fully saturated rings. The van der Waals surface area contributed by atoms with E-state index in [1.807, 2.05) is 48.5 Å². The van der Waals surface area contributed by atoms with Crippen molar-refractivity contribution in [3.63, 3.8) is 0 Å². The van der Waals surface area contributed by atoms with E-state index in [9.17, 15) is 0 Å². The highest BCUT2D eigenvalue weighted by Crippen LogP contribution is 2.30. The molecule has 0 unspecified atom stereocenters. The second kappa shape index (κ2) is 15.8. The molecule has 2 aromatic carbocycles. The summed E-state index contributed by atoms with van der Waals surface area (Å²) in [6.45, 7) is 3.40. The highest BCUT2D eigenvalue weighted by atomic mass is 127. The first-order valence-electron chi connectivity index (χ1n) is 9.68. The fourth-order valence-electron chi connectivity index (χ4n) is 2.54. The van der Waals surface area contributed by atoms with Crippen molar-refractivity contribution >= 4 is 29.9 Å². The molecular formula is C22H32IN3O4. The number of halogens is 1. The Balaban J connectivity index is 0.00000450. The minimum absolute atomic E-state index is 0. The summed E-state index contributed by atoms with van der Waals surface area (Å²) in [6, 6.07) is 15.5. The van der Waals surface area contributed by atoms with Crippen molar-refractivity contribution in [2.45, 2.75) is 13.0 Å². The van der Waals surface area contributed by atoms with Crippen LogP contribution in [-0.2, 0) is 16.0 Å². The molecule has 0 saturated heterocycles. The van der Waals surface area contributed by atoms with E-state index in [-0.39, 0.29) is 24.0 Å². The topological polar surface area (TPSA) is 73.3 Å². The fraction of sp³-hybridized carbons (Fsp3) is 0.409. The number of para-hydroxylation sites is 2. The Morgan fingerprint density at radius 2 is 1.63 bits per heavy atom. The van der Waals surface area contributed by atoms with Crippen molar-refractivity contribution in [2.24, 2.45) is 4.99 Å². The zero-order valence-corrected chi connectivity index (χ0v) is 20.2. The minimum atomic E-state index is 0. The molecule has 0 aliphatic rings. The SMILES string of the molecule is CN=C(NCCCOCCOC)NCc1ccc(Oc2ccccc2OC)cc1.I. The molecule has 7 nitrogen and oxygen atoms in total. The van der Waals surface area contributed by atoms with E-state index >= 15 is 0 Å². The number of aliphatic imine (C=N–C) groups is 1. The lowest BCUT2D eigenvalue weighted by atomic mass is 10.2. The van der Waals surface area contributed by atoms with E-state index in [1.165, 1.54) is 0 Å². The van der Waals surface area contributed by atoms with Crippen LogP contribution in [0, 0.1) is 0 Å². The predicted molar refractivity (Wildman–Crippen MR) is 130 cm³/mol. The Morgan fingerprint density at radius 3 is 2.30 bits per heavy atom. The number of guanidine groups is 1. The summed E-state index contributed by atoms with van der Waals surface area (Å²) in [6.07, 6.45) is 0.902. The van der Waals surface area contributed by atoms with Crippen LogP contribution in [0.15, 0.2) is 53.5 Å². The average Bonchev–Trinajstić information content (AvgIpc) is 2.76. The molecule has 0 aromatic heterocycles. The summed E-state index contributed by atoms with van der Waals surface area (Å²) < 4.78 is 21.6. The smallest absolute Gasteiger partial charge is 0.191 e. The van der Waals surface area contributed by atoms with Crippen LogP contribution in [0.3, 0.4) is 0 Å².